The van der Waals surface area contributed by atoms with E-state index in [2.05, 4.69) is 17.0 Å². The van der Waals surface area contributed by atoms with Gasteiger partial charge in [0.2, 0.25) is 0 Å². The number of halogens is 2. The van der Waals surface area contributed by atoms with E-state index in [-0.39, 0.29) is 5.78 Å². The van der Waals surface area contributed by atoms with Gasteiger partial charge in [-0.25, -0.2) is 0 Å². The van der Waals surface area contributed by atoms with Gasteiger partial charge in [-0.2, -0.15) is 0 Å². The van der Waals surface area contributed by atoms with E-state index < -0.39 is 0 Å². The number of carbonyl (C=O) groups is 1. The van der Waals surface area contributed by atoms with E-state index in [9.17, 15) is 4.79 Å². The van der Waals surface area contributed by atoms with E-state index in [0.29, 0.717) is 22.2 Å². The topological polar surface area (TPSA) is 20.3 Å². The molecule has 0 aromatic heterocycles. The quantitative estimate of drug-likeness (QED) is 0.792. The van der Waals surface area contributed by atoms with Gasteiger partial charge in [0.05, 0.1) is 16.6 Å². The summed E-state index contributed by atoms with van der Waals surface area (Å²) in [5.41, 5.74) is 3.21. The fourth-order valence-corrected chi connectivity index (χ4v) is 2.78. The van der Waals surface area contributed by atoms with Crippen molar-refractivity contribution < 1.29 is 4.79 Å². The Morgan fingerprint density at radius 2 is 1.65 bits per heavy atom. The Kier molecular flexibility index (Phi) is 3.79. The lowest BCUT2D eigenvalue weighted by atomic mass is 10.1. The third-order valence-corrected chi connectivity index (χ3v) is 4.25. The Morgan fingerprint density at radius 1 is 1.00 bits per heavy atom. The first-order chi connectivity index (χ1) is 9.63. The molecule has 20 heavy (non-hydrogen) atoms. The van der Waals surface area contributed by atoms with Crippen LogP contribution in [0.25, 0.3) is 0 Å². The molecule has 1 aliphatic rings. The number of fused-ring (bicyclic) bond motifs is 1. The molecule has 1 heterocycles. The summed E-state index contributed by atoms with van der Waals surface area (Å²) in [7, 11) is 0. The second-order valence-corrected chi connectivity index (χ2v) is 5.78. The smallest absolute Gasteiger partial charge is 0.176 e. The van der Waals surface area contributed by atoms with Gasteiger partial charge >= 0.3 is 0 Å². The molecule has 0 bridgehead atoms. The van der Waals surface area contributed by atoms with Crippen molar-refractivity contribution in [2.24, 2.45) is 0 Å². The SMILES string of the molecule is O=C(CN1Cc2ccccc2C1)c1ccc(Cl)c(Cl)c1. The van der Waals surface area contributed by atoms with E-state index in [4.69, 9.17) is 23.2 Å². The van der Waals surface area contributed by atoms with Crippen molar-refractivity contribution in [1.82, 2.24) is 4.90 Å². The highest BCUT2D eigenvalue weighted by Gasteiger charge is 2.21. The monoisotopic (exact) mass is 305 g/mol. The molecule has 1 aliphatic heterocycles. The summed E-state index contributed by atoms with van der Waals surface area (Å²) in [6, 6.07) is 13.3. The maximum Gasteiger partial charge on any atom is 0.176 e. The number of nitrogens with zero attached hydrogens (tertiary/aromatic N) is 1. The van der Waals surface area contributed by atoms with Crippen molar-refractivity contribution in [3.8, 4) is 0 Å². The number of rotatable bonds is 3. The zero-order valence-electron chi connectivity index (χ0n) is 10.8. The fourth-order valence-electron chi connectivity index (χ4n) is 2.48. The lowest BCUT2D eigenvalue weighted by molar-refractivity contribution is 0.0929. The molecule has 0 N–H and O–H groups in total. The first-order valence-electron chi connectivity index (χ1n) is 6.41. The largest absolute Gasteiger partial charge is 0.293 e. The second-order valence-electron chi connectivity index (χ2n) is 4.97. The van der Waals surface area contributed by atoms with E-state index in [0.717, 1.165) is 13.1 Å². The Labute approximate surface area is 127 Å². The van der Waals surface area contributed by atoms with Gasteiger partial charge in [0.25, 0.3) is 0 Å². The molecule has 0 saturated carbocycles. The number of benzene rings is 2. The normalized spacial score (nSPS) is 14.3. The molecule has 0 atom stereocenters. The summed E-state index contributed by atoms with van der Waals surface area (Å²) in [5, 5.41) is 0.888. The zero-order chi connectivity index (χ0) is 14.1. The number of Topliss-reactive ketones (excluding diaryl/α,β-unsaturated/α-hetero) is 1. The summed E-state index contributed by atoms with van der Waals surface area (Å²) in [6.07, 6.45) is 0. The Hall–Kier alpha value is -1.35. The first kappa shape index (κ1) is 13.6. The number of carbonyl (C=O) groups excluding carboxylic acids is 1. The minimum absolute atomic E-state index is 0.0661. The van der Waals surface area contributed by atoms with Crippen LogP contribution in [0.4, 0.5) is 0 Å². The Morgan fingerprint density at radius 3 is 2.25 bits per heavy atom. The van der Waals surface area contributed by atoms with Crippen molar-refractivity contribution in [2.45, 2.75) is 13.1 Å². The Bertz CT molecular complexity index is 644. The van der Waals surface area contributed by atoms with E-state index in [1.54, 1.807) is 18.2 Å². The second kappa shape index (κ2) is 5.57. The van der Waals surface area contributed by atoms with Gasteiger partial charge in [-0.05, 0) is 29.3 Å². The number of hydrogen-bond acceptors (Lipinski definition) is 2. The van der Waals surface area contributed by atoms with Crippen LogP contribution in [0.1, 0.15) is 21.5 Å². The zero-order valence-corrected chi connectivity index (χ0v) is 12.3. The molecule has 4 heteroatoms. The third-order valence-electron chi connectivity index (χ3n) is 3.52. The molecule has 2 nitrogen and oxygen atoms in total. The van der Waals surface area contributed by atoms with Crippen LogP contribution in [0.15, 0.2) is 42.5 Å². The van der Waals surface area contributed by atoms with Crippen LogP contribution in [-0.4, -0.2) is 17.2 Å². The van der Waals surface area contributed by atoms with Crippen LogP contribution in [0.3, 0.4) is 0 Å². The van der Waals surface area contributed by atoms with Crippen molar-refractivity contribution in [3.63, 3.8) is 0 Å². The van der Waals surface area contributed by atoms with Crippen molar-refractivity contribution in [1.29, 1.82) is 0 Å². The summed E-state index contributed by atoms with van der Waals surface area (Å²) >= 11 is 11.8. The van der Waals surface area contributed by atoms with Gasteiger partial charge in [0, 0.05) is 18.7 Å². The number of hydrogen-bond donors (Lipinski definition) is 0. The standard InChI is InChI=1S/C16H13Cl2NO/c17-14-6-5-11(7-15(14)18)16(20)10-19-8-12-3-1-2-4-13(12)9-19/h1-7H,8-10H2. The number of ketones is 1. The van der Waals surface area contributed by atoms with Gasteiger partial charge in [-0.15, -0.1) is 0 Å². The van der Waals surface area contributed by atoms with Gasteiger partial charge < -0.3 is 0 Å². The van der Waals surface area contributed by atoms with Crippen LogP contribution < -0.4 is 0 Å². The average molecular weight is 306 g/mol. The minimum atomic E-state index is 0.0661. The highest BCUT2D eigenvalue weighted by atomic mass is 35.5. The first-order valence-corrected chi connectivity index (χ1v) is 7.16. The van der Waals surface area contributed by atoms with Crippen LogP contribution in [0.2, 0.25) is 10.0 Å². The maximum absolute atomic E-state index is 12.3. The van der Waals surface area contributed by atoms with E-state index >= 15 is 0 Å². The molecule has 3 rings (SSSR count). The molecular formula is C16H13Cl2NO. The summed E-state index contributed by atoms with van der Waals surface area (Å²) < 4.78 is 0. The molecular weight excluding hydrogens is 293 g/mol. The predicted molar refractivity (Wildman–Crippen MR) is 81.3 cm³/mol. The Balaban J connectivity index is 1.70. The van der Waals surface area contributed by atoms with E-state index in [1.807, 2.05) is 12.1 Å². The van der Waals surface area contributed by atoms with Crippen molar-refractivity contribution >= 4 is 29.0 Å². The highest BCUT2D eigenvalue weighted by Crippen LogP contribution is 2.25. The van der Waals surface area contributed by atoms with Crippen molar-refractivity contribution in [3.05, 3.63) is 69.2 Å². The van der Waals surface area contributed by atoms with Gasteiger partial charge in [0.1, 0.15) is 0 Å². The van der Waals surface area contributed by atoms with Crippen LogP contribution >= 0.6 is 23.2 Å². The van der Waals surface area contributed by atoms with E-state index in [1.165, 1.54) is 11.1 Å². The van der Waals surface area contributed by atoms with Crippen LogP contribution in [0.5, 0.6) is 0 Å². The summed E-state index contributed by atoms with van der Waals surface area (Å²) in [6.45, 7) is 2.04. The maximum atomic E-state index is 12.3. The summed E-state index contributed by atoms with van der Waals surface area (Å²) in [5.74, 6) is 0.0661. The third kappa shape index (κ3) is 2.73. The molecule has 102 valence electrons. The predicted octanol–water partition coefficient (Wildman–Crippen LogP) is 4.19. The molecule has 0 aliphatic carbocycles. The van der Waals surface area contributed by atoms with Gasteiger partial charge in [-0.3, -0.25) is 9.69 Å². The molecule has 2 aromatic rings. The molecule has 0 radical (unpaired) electrons. The minimum Gasteiger partial charge on any atom is -0.293 e. The average Bonchev–Trinajstić information content (AvgIpc) is 2.83. The molecule has 0 unspecified atom stereocenters. The lowest BCUT2D eigenvalue weighted by Crippen LogP contribution is -2.24. The van der Waals surface area contributed by atoms with Crippen LogP contribution in [0, 0.1) is 0 Å². The van der Waals surface area contributed by atoms with Gasteiger partial charge in [-0.1, -0.05) is 47.5 Å². The molecule has 0 spiro atoms. The van der Waals surface area contributed by atoms with Crippen molar-refractivity contribution in [2.75, 3.05) is 6.54 Å². The molecule has 0 amide bonds. The highest BCUT2D eigenvalue weighted by molar-refractivity contribution is 6.42. The van der Waals surface area contributed by atoms with Gasteiger partial charge in [0.15, 0.2) is 5.78 Å². The summed E-state index contributed by atoms with van der Waals surface area (Å²) in [4.78, 5) is 14.4. The molecule has 0 saturated heterocycles. The fraction of sp³-hybridized carbons (Fsp3) is 0.188. The molecule has 2 aromatic carbocycles. The lowest BCUT2D eigenvalue weighted by Gasteiger charge is -2.13. The van der Waals surface area contributed by atoms with Crippen LogP contribution in [-0.2, 0) is 13.1 Å². The molecule has 0 fully saturated rings.